The first kappa shape index (κ1) is 14.3. The fraction of sp³-hybridized carbons (Fsp3) is 0.133. The maximum atomic E-state index is 13.2. The van der Waals surface area contributed by atoms with Crippen LogP contribution in [0.2, 0.25) is 5.02 Å². The van der Waals surface area contributed by atoms with Crippen LogP contribution in [0.1, 0.15) is 11.5 Å². The Morgan fingerprint density at radius 1 is 1.25 bits per heavy atom. The van der Waals surface area contributed by atoms with Crippen molar-refractivity contribution in [3.8, 4) is 5.75 Å². The lowest BCUT2D eigenvalue weighted by Gasteiger charge is -2.15. The highest BCUT2D eigenvalue weighted by Gasteiger charge is 2.21. The van der Waals surface area contributed by atoms with Crippen molar-refractivity contribution in [2.75, 3.05) is 6.61 Å². The molecule has 2 aromatic carbocycles. The molecule has 1 N–H and O–H groups in total. The molecule has 3 nitrogen and oxygen atoms in total. The summed E-state index contributed by atoms with van der Waals surface area (Å²) in [5.74, 6) is -2.12. The molecule has 0 heterocycles. The van der Waals surface area contributed by atoms with Gasteiger partial charge in [0.1, 0.15) is 24.1 Å². The van der Waals surface area contributed by atoms with Crippen LogP contribution in [0.25, 0.3) is 0 Å². The summed E-state index contributed by atoms with van der Waals surface area (Å²) in [7, 11) is 0. The molecule has 0 fully saturated rings. The van der Waals surface area contributed by atoms with E-state index in [1.807, 2.05) is 0 Å². The second-order valence-electron chi connectivity index (χ2n) is 4.19. The maximum absolute atomic E-state index is 13.2. The smallest absolute Gasteiger partial charge is 0.314 e. The van der Waals surface area contributed by atoms with E-state index in [0.717, 1.165) is 0 Å². The fourth-order valence-electron chi connectivity index (χ4n) is 1.77. The minimum atomic E-state index is -1.08. The van der Waals surface area contributed by atoms with E-state index >= 15 is 0 Å². The van der Waals surface area contributed by atoms with Crippen LogP contribution in [0.15, 0.2) is 48.5 Å². The van der Waals surface area contributed by atoms with E-state index < -0.39 is 17.7 Å². The van der Waals surface area contributed by atoms with Crippen LogP contribution in [-0.2, 0) is 4.79 Å². The Kier molecular flexibility index (Phi) is 4.58. The molecule has 0 bridgehead atoms. The number of para-hydroxylation sites is 1. The van der Waals surface area contributed by atoms with Gasteiger partial charge in [-0.15, -0.1) is 0 Å². The standard InChI is InChI=1S/C15H12ClFO3/c16-13-6-1-2-7-14(13)20-9-12(15(18)19)10-4-3-5-11(17)8-10/h1-8,12H,9H2,(H,18,19). The number of hydrogen-bond donors (Lipinski definition) is 1. The van der Waals surface area contributed by atoms with Gasteiger partial charge in [0.05, 0.1) is 5.02 Å². The average molecular weight is 295 g/mol. The Labute approximate surface area is 120 Å². The molecule has 5 heteroatoms. The molecule has 1 atom stereocenters. The highest BCUT2D eigenvalue weighted by Crippen LogP contribution is 2.25. The quantitative estimate of drug-likeness (QED) is 0.914. The predicted octanol–water partition coefficient (Wildman–Crippen LogP) is 3.73. The normalized spacial score (nSPS) is 11.9. The minimum absolute atomic E-state index is 0.123. The van der Waals surface area contributed by atoms with Crippen LogP contribution >= 0.6 is 11.6 Å². The Hall–Kier alpha value is -2.07. The Morgan fingerprint density at radius 3 is 2.65 bits per heavy atom. The Morgan fingerprint density at radius 2 is 2.00 bits per heavy atom. The van der Waals surface area contributed by atoms with Crippen molar-refractivity contribution in [1.82, 2.24) is 0 Å². The molecule has 0 aliphatic heterocycles. The summed E-state index contributed by atoms with van der Waals surface area (Å²) >= 11 is 5.93. The van der Waals surface area contributed by atoms with Crippen molar-refractivity contribution in [2.45, 2.75) is 5.92 Å². The first-order chi connectivity index (χ1) is 9.58. The zero-order chi connectivity index (χ0) is 14.5. The number of ether oxygens (including phenoxy) is 1. The molecule has 0 radical (unpaired) electrons. The minimum Gasteiger partial charge on any atom is -0.491 e. The summed E-state index contributed by atoms with van der Waals surface area (Å²) in [6, 6.07) is 12.2. The molecule has 0 aromatic heterocycles. The van der Waals surface area contributed by atoms with Crippen molar-refractivity contribution in [1.29, 1.82) is 0 Å². The molecular weight excluding hydrogens is 283 g/mol. The second-order valence-corrected chi connectivity index (χ2v) is 4.59. The van der Waals surface area contributed by atoms with Crippen LogP contribution in [0, 0.1) is 5.82 Å². The van der Waals surface area contributed by atoms with E-state index in [4.69, 9.17) is 16.3 Å². The van der Waals surface area contributed by atoms with Crippen LogP contribution in [0.3, 0.4) is 0 Å². The highest BCUT2D eigenvalue weighted by molar-refractivity contribution is 6.32. The van der Waals surface area contributed by atoms with E-state index in [2.05, 4.69) is 0 Å². The molecule has 104 valence electrons. The van der Waals surface area contributed by atoms with Crippen LogP contribution in [0.4, 0.5) is 4.39 Å². The van der Waals surface area contributed by atoms with Gasteiger partial charge in [-0.1, -0.05) is 35.9 Å². The molecule has 20 heavy (non-hydrogen) atoms. The number of aliphatic carboxylic acids is 1. The third kappa shape index (κ3) is 3.48. The molecular formula is C15H12ClFO3. The summed E-state index contributed by atoms with van der Waals surface area (Å²) in [4.78, 5) is 11.3. The maximum Gasteiger partial charge on any atom is 0.314 e. The lowest BCUT2D eigenvalue weighted by Crippen LogP contribution is -2.19. The number of carboxylic acid groups (broad SMARTS) is 1. The van der Waals surface area contributed by atoms with Crippen LogP contribution < -0.4 is 4.74 Å². The Bertz CT molecular complexity index is 616. The molecule has 0 spiro atoms. The second kappa shape index (κ2) is 6.39. The summed E-state index contributed by atoms with van der Waals surface area (Å²) in [6.45, 7) is -0.123. The summed E-state index contributed by atoms with van der Waals surface area (Å²) in [6.07, 6.45) is 0. The molecule has 0 saturated carbocycles. The number of benzene rings is 2. The van der Waals surface area contributed by atoms with Crippen LogP contribution in [-0.4, -0.2) is 17.7 Å². The van der Waals surface area contributed by atoms with Gasteiger partial charge in [0.2, 0.25) is 0 Å². The van der Waals surface area contributed by atoms with Crippen LogP contribution in [0.5, 0.6) is 5.75 Å². The van der Waals surface area contributed by atoms with E-state index in [0.29, 0.717) is 16.3 Å². The molecule has 1 unspecified atom stereocenters. The third-order valence-corrected chi connectivity index (χ3v) is 3.10. The number of halogens is 2. The topological polar surface area (TPSA) is 46.5 Å². The number of rotatable bonds is 5. The van der Waals surface area contributed by atoms with Crippen molar-refractivity contribution in [3.63, 3.8) is 0 Å². The number of carbonyl (C=O) groups is 1. The fourth-order valence-corrected chi connectivity index (χ4v) is 1.96. The molecule has 0 aliphatic rings. The summed E-state index contributed by atoms with van der Waals surface area (Å²) in [5.41, 5.74) is 0.351. The van der Waals surface area contributed by atoms with Gasteiger partial charge in [-0.3, -0.25) is 4.79 Å². The molecule has 0 amide bonds. The van der Waals surface area contributed by atoms with Gasteiger partial charge in [-0.05, 0) is 29.8 Å². The van der Waals surface area contributed by atoms with Gasteiger partial charge in [0.25, 0.3) is 0 Å². The molecule has 2 aromatic rings. The Balaban J connectivity index is 2.15. The first-order valence-electron chi connectivity index (χ1n) is 5.93. The zero-order valence-electron chi connectivity index (χ0n) is 10.4. The largest absolute Gasteiger partial charge is 0.491 e. The monoisotopic (exact) mass is 294 g/mol. The number of hydrogen-bond acceptors (Lipinski definition) is 2. The van der Waals surface area contributed by atoms with Crippen molar-refractivity contribution in [3.05, 3.63) is 64.9 Å². The van der Waals surface area contributed by atoms with Gasteiger partial charge in [-0.2, -0.15) is 0 Å². The predicted molar refractivity (Wildman–Crippen MR) is 73.7 cm³/mol. The molecule has 2 rings (SSSR count). The first-order valence-corrected chi connectivity index (χ1v) is 6.31. The van der Waals surface area contributed by atoms with Crippen molar-refractivity contribution in [2.24, 2.45) is 0 Å². The SMILES string of the molecule is O=C(O)C(COc1ccccc1Cl)c1cccc(F)c1. The van der Waals surface area contributed by atoms with Gasteiger partial charge in [-0.25, -0.2) is 4.39 Å². The molecule has 0 saturated heterocycles. The van der Waals surface area contributed by atoms with Crippen molar-refractivity contribution < 1.29 is 19.0 Å². The summed E-state index contributed by atoms with van der Waals surface area (Å²) in [5, 5.41) is 9.63. The van der Waals surface area contributed by atoms with Gasteiger partial charge in [0, 0.05) is 0 Å². The average Bonchev–Trinajstić information content (AvgIpc) is 2.41. The summed E-state index contributed by atoms with van der Waals surface area (Å²) < 4.78 is 18.6. The van der Waals surface area contributed by atoms with Gasteiger partial charge in [0.15, 0.2) is 0 Å². The molecule has 0 aliphatic carbocycles. The highest BCUT2D eigenvalue weighted by atomic mass is 35.5. The lowest BCUT2D eigenvalue weighted by atomic mass is 10.0. The zero-order valence-corrected chi connectivity index (χ0v) is 11.2. The lowest BCUT2D eigenvalue weighted by molar-refractivity contribution is -0.139. The van der Waals surface area contributed by atoms with Gasteiger partial charge < -0.3 is 9.84 Å². The van der Waals surface area contributed by atoms with Crippen molar-refractivity contribution >= 4 is 17.6 Å². The van der Waals surface area contributed by atoms with E-state index in [-0.39, 0.29) is 6.61 Å². The number of carboxylic acids is 1. The third-order valence-electron chi connectivity index (χ3n) is 2.79. The van der Waals surface area contributed by atoms with Gasteiger partial charge >= 0.3 is 5.97 Å². The van der Waals surface area contributed by atoms with E-state index in [9.17, 15) is 14.3 Å². The van der Waals surface area contributed by atoms with E-state index in [1.54, 1.807) is 30.3 Å². The van der Waals surface area contributed by atoms with E-state index in [1.165, 1.54) is 18.2 Å².